The van der Waals surface area contributed by atoms with Crippen LogP contribution in [0.1, 0.15) is 17.4 Å². The monoisotopic (exact) mass is 466 g/mol. The minimum absolute atomic E-state index is 0.0501. The smallest absolute Gasteiger partial charge is 0.497 e. The molecule has 3 aromatic rings. The van der Waals surface area contributed by atoms with Crippen LogP contribution in [-0.4, -0.2) is 36.4 Å². The van der Waals surface area contributed by atoms with Crippen molar-refractivity contribution >= 4 is 28.9 Å². The molecular weight excluding hydrogens is 449 g/mol. The van der Waals surface area contributed by atoms with Gasteiger partial charge in [0.15, 0.2) is 11.8 Å². The molecule has 0 aliphatic carbocycles. The summed E-state index contributed by atoms with van der Waals surface area (Å²) < 4.78 is 50.6. The molecular formula is C21H17F3N2O5S. The van der Waals surface area contributed by atoms with Crippen molar-refractivity contribution < 1.29 is 37.0 Å². The SMILES string of the molecule is COc1ccc(-c2nc(C(=O)OC(C)C(=O)Nc3ccc(OC(F)(F)F)cc3)cs2)cc1. The Kier molecular flexibility index (Phi) is 6.98. The number of carbonyl (C=O) groups is 2. The number of anilines is 1. The predicted molar refractivity (Wildman–Crippen MR) is 111 cm³/mol. The van der Waals surface area contributed by atoms with E-state index in [4.69, 9.17) is 9.47 Å². The van der Waals surface area contributed by atoms with E-state index in [1.165, 1.54) is 35.8 Å². The van der Waals surface area contributed by atoms with Gasteiger partial charge < -0.3 is 19.5 Å². The summed E-state index contributed by atoms with van der Waals surface area (Å²) in [6.45, 7) is 1.37. The minimum Gasteiger partial charge on any atom is -0.497 e. The minimum atomic E-state index is -4.81. The first-order valence-electron chi connectivity index (χ1n) is 9.12. The second-order valence-corrected chi connectivity index (χ2v) is 7.23. The van der Waals surface area contributed by atoms with E-state index in [1.807, 2.05) is 0 Å². The number of alkyl halides is 3. The largest absolute Gasteiger partial charge is 0.573 e. The molecule has 0 aliphatic heterocycles. The van der Waals surface area contributed by atoms with E-state index in [0.29, 0.717) is 10.8 Å². The van der Waals surface area contributed by atoms with E-state index < -0.39 is 30.1 Å². The lowest BCUT2D eigenvalue weighted by molar-refractivity contribution is -0.274. The van der Waals surface area contributed by atoms with E-state index in [0.717, 1.165) is 17.7 Å². The molecule has 3 rings (SSSR count). The van der Waals surface area contributed by atoms with Gasteiger partial charge in [-0.15, -0.1) is 24.5 Å². The molecule has 0 spiro atoms. The summed E-state index contributed by atoms with van der Waals surface area (Å²) in [7, 11) is 1.56. The maximum atomic E-state index is 12.3. The summed E-state index contributed by atoms with van der Waals surface area (Å²) in [6, 6.07) is 11.7. The summed E-state index contributed by atoms with van der Waals surface area (Å²) in [5, 5.41) is 4.56. The number of hydrogen-bond acceptors (Lipinski definition) is 7. The van der Waals surface area contributed by atoms with Crippen LogP contribution in [0.2, 0.25) is 0 Å². The highest BCUT2D eigenvalue weighted by Gasteiger charge is 2.31. The number of amides is 1. The van der Waals surface area contributed by atoms with Crippen LogP contribution in [0.4, 0.5) is 18.9 Å². The molecule has 0 aliphatic rings. The molecule has 0 bridgehead atoms. The average Bonchev–Trinajstić information content (AvgIpc) is 3.24. The lowest BCUT2D eigenvalue weighted by Crippen LogP contribution is -2.30. The highest BCUT2D eigenvalue weighted by molar-refractivity contribution is 7.13. The lowest BCUT2D eigenvalue weighted by atomic mass is 10.2. The first-order valence-corrected chi connectivity index (χ1v) is 10.00. The average molecular weight is 466 g/mol. The van der Waals surface area contributed by atoms with Crippen LogP contribution < -0.4 is 14.8 Å². The number of benzene rings is 2. The zero-order valence-corrected chi connectivity index (χ0v) is 17.6. The van der Waals surface area contributed by atoms with Crippen LogP contribution in [0.3, 0.4) is 0 Å². The number of rotatable bonds is 7. The molecule has 1 heterocycles. The van der Waals surface area contributed by atoms with Crippen LogP contribution in [0, 0.1) is 0 Å². The maximum Gasteiger partial charge on any atom is 0.573 e. The van der Waals surface area contributed by atoms with E-state index in [-0.39, 0.29) is 11.4 Å². The Hall–Kier alpha value is -3.60. The molecule has 1 unspecified atom stereocenters. The Morgan fingerprint density at radius 2 is 1.66 bits per heavy atom. The summed E-state index contributed by atoms with van der Waals surface area (Å²) >= 11 is 1.24. The number of esters is 1. The fraction of sp³-hybridized carbons (Fsp3) is 0.190. The van der Waals surface area contributed by atoms with Crippen molar-refractivity contribution in [2.45, 2.75) is 19.4 Å². The molecule has 0 fully saturated rings. The van der Waals surface area contributed by atoms with Crippen LogP contribution >= 0.6 is 11.3 Å². The van der Waals surface area contributed by atoms with Crippen molar-refractivity contribution in [1.82, 2.24) is 4.98 Å². The highest BCUT2D eigenvalue weighted by Crippen LogP contribution is 2.26. The van der Waals surface area contributed by atoms with Crippen molar-refractivity contribution in [2.24, 2.45) is 0 Å². The molecule has 2 aromatic carbocycles. The molecule has 7 nitrogen and oxygen atoms in total. The van der Waals surface area contributed by atoms with Gasteiger partial charge in [0.05, 0.1) is 7.11 Å². The Bertz CT molecular complexity index is 1080. The van der Waals surface area contributed by atoms with Crippen molar-refractivity contribution in [2.75, 3.05) is 12.4 Å². The summed E-state index contributed by atoms with van der Waals surface area (Å²) in [6.07, 6.45) is -5.98. The predicted octanol–water partition coefficient (Wildman–Crippen LogP) is 4.90. The lowest BCUT2D eigenvalue weighted by Gasteiger charge is -2.13. The Balaban J connectivity index is 1.57. The third kappa shape index (κ3) is 6.20. The van der Waals surface area contributed by atoms with E-state index >= 15 is 0 Å². The first-order chi connectivity index (χ1) is 15.1. The maximum absolute atomic E-state index is 12.3. The van der Waals surface area contributed by atoms with Crippen LogP contribution in [0.5, 0.6) is 11.5 Å². The van der Waals surface area contributed by atoms with E-state index in [9.17, 15) is 22.8 Å². The molecule has 0 saturated carbocycles. The molecule has 1 amide bonds. The van der Waals surface area contributed by atoms with E-state index in [2.05, 4.69) is 15.0 Å². The van der Waals surface area contributed by atoms with Gasteiger partial charge in [-0.25, -0.2) is 9.78 Å². The molecule has 1 aromatic heterocycles. The zero-order chi connectivity index (χ0) is 23.3. The summed E-state index contributed by atoms with van der Waals surface area (Å²) in [5.74, 6) is -1.18. The zero-order valence-electron chi connectivity index (χ0n) is 16.8. The van der Waals surface area contributed by atoms with Gasteiger partial charge in [-0.1, -0.05) is 0 Å². The van der Waals surface area contributed by atoms with Gasteiger partial charge in [-0.3, -0.25) is 4.79 Å². The number of ether oxygens (including phenoxy) is 3. The number of hydrogen-bond donors (Lipinski definition) is 1. The van der Waals surface area contributed by atoms with Crippen molar-refractivity contribution in [3.8, 4) is 22.1 Å². The van der Waals surface area contributed by atoms with Gasteiger partial charge in [0.1, 0.15) is 16.5 Å². The number of thiazole rings is 1. The Labute approximate surface area is 184 Å². The molecule has 0 saturated heterocycles. The number of halogens is 3. The summed E-state index contributed by atoms with van der Waals surface area (Å²) in [5.41, 5.74) is 1.05. The van der Waals surface area contributed by atoms with Crippen molar-refractivity contribution in [3.63, 3.8) is 0 Å². The fourth-order valence-corrected chi connectivity index (χ4v) is 3.29. The first kappa shape index (κ1) is 23.1. The van der Waals surface area contributed by atoms with Gasteiger partial charge in [-0.05, 0) is 55.5 Å². The molecule has 1 atom stereocenters. The standard InChI is InChI=1S/C21H17F3N2O5S/c1-12(18(27)25-14-5-9-16(10-6-14)31-21(22,23)24)30-20(28)17-11-32-19(26-17)13-3-7-15(29-2)8-4-13/h3-12H,1-2H3,(H,25,27). The summed E-state index contributed by atoms with van der Waals surface area (Å²) in [4.78, 5) is 28.8. The molecule has 1 N–H and O–H groups in total. The Morgan fingerprint density at radius 1 is 1.03 bits per heavy atom. The van der Waals surface area contributed by atoms with Gasteiger partial charge >= 0.3 is 12.3 Å². The van der Waals surface area contributed by atoms with E-state index in [1.54, 1.807) is 31.4 Å². The van der Waals surface area contributed by atoms with Crippen LogP contribution in [0.25, 0.3) is 10.6 Å². The van der Waals surface area contributed by atoms with Crippen molar-refractivity contribution in [1.29, 1.82) is 0 Å². The van der Waals surface area contributed by atoms with Crippen molar-refractivity contribution in [3.05, 3.63) is 59.6 Å². The topological polar surface area (TPSA) is 86.8 Å². The third-order valence-corrected chi connectivity index (χ3v) is 4.95. The van der Waals surface area contributed by atoms with Gasteiger partial charge in [0.2, 0.25) is 0 Å². The third-order valence-electron chi connectivity index (χ3n) is 4.06. The number of nitrogens with one attached hydrogen (secondary N) is 1. The van der Waals surface area contributed by atoms with Gasteiger partial charge in [0, 0.05) is 16.6 Å². The highest BCUT2D eigenvalue weighted by atomic mass is 32.1. The Morgan fingerprint density at radius 3 is 2.25 bits per heavy atom. The second kappa shape index (κ2) is 9.69. The second-order valence-electron chi connectivity index (χ2n) is 6.38. The van der Waals surface area contributed by atoms with Crippen LogP contribution in [0.15, 0.2) is 53.9 Å². The van der Waals surface area contributed by atoms with Gasteiger partial charge in [0.25, 0.3) is 5.91 Å². The normalized spacial score (nSPS) is 12.0. The molecule has 11 heteroatoms. The molecule has 0 radical (unpaired) electrons. The number of methoxy groups -OCH3 is 1. The van der Waals surface area contributed by atoms with Crippen LogP contribution in [-0.2, 0) is 9.53 Å². The number of aromatic nitrogens is 1. The number of nitrogens with zero attached hydrogens (tertiary/aromatic N) is 1. The number of carbonyl (C=O) groups excluding carboxylic acids is 2. The quantitative estimate of drug-likeness (QED) is 0.499. The fourth-order valence-electron chi connectivity index (χ4n) is 2.49. The molecule has 168 valence electrons. The van der Waals surface area contributed by atoms with Gasteiger partial charge in [-0.2, -0.15) is 0 Å². The molecule has 32 heavy (non-hydrogen) atoms.